The summed E-state index contributed by atoms with van der Waals surface area (Å²) in [6.07, 6.45) is -2.26. The molecule has 4 N–H and O–H groups in total. The van der Waals surface area contributed by atoms with Crippen LogP contribution in [0.25, 0.3) is 0 Å². The van der Waals surface area contributed by atoms with E-state index in [1.165, 1.54) is 22.6 Å². The summed E-state index contributed by atoms with van der Waals surface area (Å²) in [5, 5.41) is 4.82. The lowest BCUT2D eigenvalue weighted by molar-refractivity contribution is 0.147. The minimum Gasteiger partial charge on any atom is -0.383 e. The van der Waals surface area contributed by atoms with Crippen LogP contribution in [0.2, 0.25) is 0 Å². The van der Waals surface area contributed by atoms with E-state index in [4.69, 9.17) is 10.9 Å². The van der Waals surface area contributed by atoms with Gasteiger partial charge >= 0.3 is 0 Å². The fourth-order valence-electron chi connectivity index (χ4n) is 0.942. The average molecular weight is 349 g/mol. The Kier molecular flexibility index (Phi) is 3.45. The predicted molar refractivity (Wildman–Crippen MR) is 57.7 cm³/mol. The number of nitrogens with zero attached hydrogens (tertiary/aromatic N) is 1. The lowest BCUT2D eigenvalue weighted by Gasteiger charge is -2.09. The van der Waals surface area contributed by atoms with Crippen molar-refractivity contribution in [2.24, 2.45) is 5.14 Å². The maximum Gasteiger partial charge on any atom is 0.266 e. The molecular weight excluding hydrogens is 343 g/mol. The third-order valence-electron chi connectivity index (χ3n) is 1.55. The summed E-state index contributed by atoms with van der Waals surface area (Å²) < 4.78 is 47.0. The van der Waals surface area contributed by atoms with E-state index in [-0.39, 0.29) is 9.39 Å². The summed E-state index contributed by atoms with van der Waals surface area (Å²) in [5.74, 6) is -0.149. The normalized spacial score (nSPS) is 12.1. The fourth-order valence-corrected chi connectivity index (χ4v) is 3.14. The molecule has 0 bridgehead atoms. The Bertz CT molecular complexity index is 491. The number of halogens is 3. The first-order chi connectivity index (χ1) is 6.75. The highest BCUT2D eigenvalue weighted by Gasteiger charge is 2.25. The molecule has 0 radical (unpaired) electrons. The molecule has 0 saturated carbocycles. The molecule has 1 rings (SSSR count). The molecule has 15 heavy (non-hydrogen) atoms. The van der Waals surface area contributed by atoms with Gasteiger partial charge in [-0.05, 0) is 22.6 Å². The molecule has 0 spiro atoms. The number of pyridine rings is 1. The molecule has 9 heteroatoms. The van der Waals surface area contributed by atoms with Gasteiger partial charge in [0.05, 0.1) is 9.13 Å². The molecule has 5 nitrogen and oxygen atoms in total. The van der Waals surface area contributed by atoms with E-state index >= 15 is 0 Å². The topological polar surface area (TPSA) is 99.1 Å². The predicted octanol–water partition coefficient (Wildman–Crippen LogP) is 0.853. The van der Waals surface area contributed by atoms with Gasteiger partial charge in [-0.15, -0.1) is 0 Å². The van der Waals surface area contributed by atoms with Crippen LogP contribution >= 0.6 is 22.6 Å². The van der Waals surface area contributed by atoms with E-state index in [0.29, 0.717) is 6.20 Å². The number of aromatic nitrogens is 1. The highest BCUT2D eigenvalue weighted by atomic mass is 127. The van der Waals surface area contributed by atoms with Crippen molar-refractivity contribution in [2.45, 2.75) is 11.3 Å². The second-order valence-electron chi connectivity index (χ2n) is 2.59. The summed E-state index contributed by atoms with van der Waals surface area (Å²) in [6, 6.07) is 0. The summed E-state index contributed by atoms with van der Waals surface area (Å²) in [6.45, 7) is 0. The third kappa shape index (κ3) is 2.52. The van der Waals surface area contributed by atoms with Crippen LogP contribution < -0.4 is 10.9 Å². The van der Waals surface area contributed by atoms with Crippen molar-refractivity contribution in [1.29, 1.82) is 0 Å². The van der Waals surface area contributed by atoms with Crippen LogP contribution in [0.15, 0.2) is 11.1 Å². The Labute approximate surface area is 98.0 Å². The number of primary sulfonamides is 1. The summed E-state index contributed by atoms with van der Waals surface area (Å²) in [7, 11) is -4.24. The van der Waals surface area contributed by atoms with E-state index in [0.717, 1.165) is 0 Å². The molecule has 1 aromatic rings. The average Bonchev–Trinajstić information content (AvgIpc) is 2.06. The number of alkyl halides is 2. The summed E-state index contributed by atoms with van der Waals surface area (Å²) >= 11 is 1.51. The van der Waals surface area contributed by atoms with Crippen molar-refractivity contribution < 1.29 is 17.2 Å². The van der Waals surface area contributed by atoms with Crippen molar-refractivity contribution >= 4 is 38.4 Å². The van der Waals surface area contributed by atoms with Crippen LogP contribution in [-0.4, -0.2) is 13.4 Å². The van der Waals surface area contributed by atoms with E-state index < -0.39 is 26.9 Å². The minimum absolute atomic E-state index is 0.0899. The molecule has 1 aromatic heterocycles. The summed E-state index contributed by atoms with van der Waals surface area (Å²) in [5.41, 5.74) is 4.56. The highest BCUT2D eigenvalue weighted by Crippen LogP contribution is 2.30. The molecule has 0 aliphatic carbocycles. The van der Waals surface area contributed by atoms with Gasteiger partial charge in [0.25, 0.3) is 6.43 Å². The van der Waals surface area contributed by atoms with Crippen molar-refractivity contribution in [1.82, 2.24) is 4.98 Å². The molecule has 0 saturated heterocycles. The molecular formula is C6H6F2IN3O2S. The van der Waals surface area contributed by atoms with Crippen molar-refractivity contribution in [3.63, 3.8) is 0 Å². The largest absolute Gasteiger partial charge is 0.383 e. The molecule has 0 atom stereocenters. The lowest BCUT2D eigenvalue weighted by atomic mass is 10.3. The van der Waals surface area contributed by atoms with Crippen molar-refractivity contribution in [3.05, 3.63) is 15.3 Å². The Balaban J connectivity index is 3.65. The van der Waals surface area contributed by atoms with E-state index in [1.807, 2.05) is 0 Å². The van der Waals surface area contributed by atoms with Gasteiger partial charge in [0.1, 0.15) is 10.7 Å². The Morgan fingerprint density at radius 2 is 2.00 bits per heavy atom. The first-order valence-electron chi connectivity index (χ1n) is 3.50. The van der Waals surface area contributed by atoms with Gasteiger partial charge in [-0.2, -0.15) is 0 Å². The second kappa shape index (κ2) is 4.14. The molecule has 0 aliphatic rings. The Morgan fingerprint density at radius 1 is 1.47 bits per heavy atom. The Morgan fingerprint density at radius 3 is 2.40 bits per heavy atom. The first-order valence-corrected chi connectivity index (χ1v) is 6.12. The first kappa shape index (κ1) is 12.5. The monoisotopic (exact) mass is 349 g/mol. The van der Waals surface area contributed by atoms with E-state index in [1.54, 1.807) is 0 Å². The SMILES string of the molecule is Nc1ncc(C(F)F)c(S(N)(=O)=O)c1I. The zero-order chi connectivity index (χ0) is 11.8. The molecule has 0 aromatic carbocycles. The lowest BCUT2D eigenvalue weighted by Crippen LogP contribution is -2.18. The van der Waals surface area contributed by atoms with Crippen molar-refractivity contribution in [3.8, 4) is 0 Å². The standard InChI is InChI=1S/C6H6F2IN3O2S/c7-5(8)2-1-12-6(10)3(9)4(2)15(11,13)14/h1,5H,(H2,10,12)(H2,11,13,14). The molecule has 1 heterocycles. The van der Waals surface area contributed by atoms with Gasteiger partial charge in [-0.1, -0.05) is 0 Å². The van der Waals surface area contributed by atoms with E-state index in [2.05, 4.69) is 4.98 Å². The number of hydrogen-bond acceptors (Lipinski definition) is 4. The quantitative estimate of drug-likeness (QED) is 0.774. The smallest absolute Gasteiger partial charge is 0.266 e. The third-order valence-corrected chi connectivity index (χ3v) is 4.02. The maximum atomic E-state index is 12.5. The number of sulfonamides is 1. The number of nitrogens with two attached hydrogens (primary N) is 2. The number of hydrogen-bond donors (Lipinski definition) is 2. The Hall–Kier alpha value is -0.550. The van der Waals surface area contributed by atoms with Gasteiger partial charge in [0.15, 0.2) is 0 Å². The zero-order valence-electron chi connectivity index (χ0n) is 7.12. The minimum atomic E-state index is -4.24. The van der Waals surface area contributed by atoms with Gasteiger partial charge in [0, 0.05) is 6.20 Å². The van der Waals surface area contributed by atoms with Gasteiger partial charge in [0.2, 0.25) is 10.0 Å². The number of anilines is 1. The van der Waals surface area contributed by atoms with Crippen LogP contribution in [0.5, 0.6) is 0 Å². The fraction of sp³-hybridized carbons (Fsp3) is 0.167. The van der Waals surface area contributed by atoms with Crippen LogP contribution in [-0.2, 0) is 10.0 Å². The van der Waals surface area contributed by atoms with Gasteiger partial charge in [-0.25, -0.2) is 27.3 Å². The number of nitrogen functional groups attached to an aromatic ring is 1. The van der Waals surface area contributed by atoms with Crippen LogP contribution in [0.4, 0.5) is 14.6 Å². The molecule has 0 unspecified atom stereocenters. The van der Waals surface area contributed by atoms with Crippen LogP contribution in [0.3, 0.4) is 0 Å². The maximum absolute atomic E-state index is 12.5. The zero-order valence-corrected chi connectivity index (χ0v) is 10.1. The van der Waals surface area contributed by atoms with Gasteiger partial charge < -0.3 is 5.73 Å². The molecule has 0 fully saturated rings. The van der Waals surface area contributed by atoms with E-state index in [9.17, 15) is 17.2 Å². The molecule has 0 aliphatic heterocycles. The van der Waals surface area contributed by atoms with Gasteiger partial charge in [-0.3, -0.25) is 0 Å². The number of rotatable bonds is 2. The summed E-state index contributed by atoms with van der Waals surface area (Å²) in [4.78, 5) is 2.78. The second-order valence-corrected chi connectivity index (χ2v) is 5.16. The van der Waals surface area contributed by atoms with Crippen LogP contribution in [0, 0.1) is 3.57 Å². The molecule has 0 amide bonds. The highest BCUT2D eigenvalue weighted by molar-refractivity contribution is 14.1. The van der Waals surface area contributed by atoms with Crippen molar-refractivity contribution in [2.75, 3.05) is 5.73 Å². The molecule has 84 valence electrons. The van der Waals surface area contributed by atoms with Crippen LogP contribution in [0.1, 0.15) is 12.0 Å².